The molecule has 0 atom stereocenters. The maximum atomic E-state index is 11.4. The van der Waals surface area contributed by atoms with E-state index >= 15 is 0 Å². The molecule has 5 nitrogen and oxygen atoms in total. The molecule has 21 heavy (non-hydrogen) atoms. The molecule has 0 aromatic heterocycles. The van der Waals surface area contributed by atoms with Gasteiger partial charge in [-0.25, -0.2) is 0 Å². The lowest BCUT2D eigenvalue weighted by Crippen LogP contribution is -2.42. The number of nitrogens with zero attached hydrogens (tertiary/aromatic N) is 2. The highest BCUT2D eigenvalue weighted by molar-refractivity contribution is 5.93. The van der Waals surface area contributed by atoms with Crippen molar-refractivity contribution in [3.8, 4) is 0 Å². The van der Waals surface area contributed by atoms with Crippen LogP contribution in [0.3, 0.4) is 0 Å². The van der Waals surface area contributed by atoms with E-state index in [4.69, 9.17) is 5.73 Å². The topological polar surface area (TPSA) is 61.6 Å². The highest BCUT2D eigenvalue weighted by atomic mass is 16.1. The normalized spacial score (nSPS) is 19.8. The van der Waals surface area contributed by atoms with Gasteiger partial charge in [0, 0.05) is 30.4 Å². The molecular weight excluding hydrogens is 264 g/mol. The third-order valence-electron chi connectivity index (χ3n) is 4.22. The second-order valence-electron chi connectivity index (χ2n) is 5.81. The van der Waals surface area contributed by atoms with Gasteiger partial charge in [0.1, 0.15) is 0 Å². The van der Waals surface area contributed by atoms with Crippen LogP contribution in [0, 0.1) is 0 Å². The monoisotopic (exact) mass is 286 g/mol. The molecule has 0 radical (unpaired) electrons. The van der Waals surface area contributed by atoms with Gasteiger partial charge in [0.2, 0.25) is 5.91 Å². The Labute approximate surface area is 125 Å². The maximum Gasteiger partial charge on any atom is 0.248 e. The van der Waals surface area contributed by atoms with Crippen LogP contribution in [0.5, 0.6) is 0 Å². The second-order valence-corrected chi connectivity index (χ2v) is 5.81. The first kappa shape index (κ1) is 13.9. The number of primary amides is 1. The fourth-order valence-electron chi connectivity index (χ4n) is 3.14. The fourth-order valence-corrected chi connectivity index (χ4v) is 3.14. The van der Waals surface area contributed by atoms with Gasteiger partial charge >= 0.3 is 0 Å². The Morgan fingerprint density at radius 3 is 2.81 bits per heavy atom. The Kier molecular flexibility index (Phi) is 3.84. The van der Waals surface area contributed by atoms with Gasteiger partial charge in [0.25, 0.3) is 0 Å². The minimum Gasteiger partial charge on any atom is -0.366 e. The van der Waals surface area contributed by atoms with E-state index in [-0.39, 0.29) is 5.91 Å². The van der Waals surface area contributed by atoms with Gasteiger partial charge < -0.3 is 20.9 Å². The van der Waals surface area contributed by atoms with Gasteiger partial charge in [-0.15, -0.1) is 0 Å². The standard InChI is InChI=1S/C16H22N4O/c1-19-10-15(12-3-2-4-13(9-12)16(17)21)20(11-19)14-5-7-18-8-6-14/h2-4,9-10,14,18H,5-8,11H2,1H3,(H2,17,21). The van der Waals surface area contributed by atoms with E-state index in [9.17, 15) is 4.79 Å². The number of nitrogens with two attached hydrogens (primary N) is 1. The Morgan fingerprint density at radius 2 is 2.10 bits per heavy atom. The molecule has 0 bridgehead atoms. The third-order valence-corrected chi connectivity index (χ3v) is 4.22. The first-order valence-electron chi connectivity index (χ1n) is 7.45. The summed E-state index contributed by atoms with van der Waals surface area (Å²) in [5, 5.41) is 3.41. The van der Waals surface area contributed by atoms with Crippen LogP contribution in [0.15, 0.2) is 30.5 Å². The lowest BCUT2D eigenvalue weighted by Gasteiger charge is -2.35. The molecule has 0 spiro atoms. The molecule has 0 saturated carbocycles. The third kappa shape index (κ3) is 2.88. The first-order valence-corrected chi connectivity index (χ1v) is 7.45. The van der Waals surface area contributed by atoms with Crippen molar-refractivity contribution < 1.29 is 4.79 Å². The van der Waals surface area contributed by atoms with Gasteiger partial charge in [-0.3, -0.25) is 4.79 Å². The predicted molar refractivity (Wildman–Crippen MR) is 83.3 cm³/mol. The zero-order chi connectivity index (χ0) is 14.8. The minimum absolute atomic E-state index is 0.378. The molecule has 3 N–H and O–H groups in total. The van der Waals surface area contributed by atoms with Crippen LogP contribution in [0.25, 0.3) is 5.70 Å². The number of piperidine rings is 1. The van der Waals surface area contributed by atoms with E-state index in [1.165, 1.54) is 5.70 Å². The number of rotatable bonds is 3. The number of amides is 1. The molecule has 5 heteroatoms. The van der Waals surface area contributed by atoms with Crippen LogP contribution in [0.1, 0.15) is 28.8 Å². The largest absolute Gasteiger partial charge is 0.366 e. The van der Waals surface area contributed by atoms with Crippen molar-refractivity contribution >= 4 is 11.6 Å². The van der Waals surface area contributed by atoms with E-state index in [1.54, 1.807) is 6.07 Å². The molecule has 3 rings (SSSR count). The predicted octanol–water partition coefficient (Wildman–Crippen LogP) is 1.04. The number of nitrogens with one attached hydrogen (secondary N) is 1. The summed E-state index contributed by atoms with van der Waals surface area (Å²) in [6.07, 6.45) is 4.46. The molecule has 1 aromatic rings. The fraction of sp³-hybridized carbons (Fsp3) is 0.438. The Bertz CT molecular complexity index is 563. The van der Waals surface area contributed by atoms with Crippen molar-refractivity contribution in [1.29, 1.82) is 0 Å². The summed E-state index contributed by atoms with van der Waals surface area (Å²) in [7, 11) is 2.08. The minimum atomic E-state index is -0.378. The summed E-state index contributed by atoms with van der Waals surface area (Å²) in [6.45, 7) is 3.04. The molecule has 0 unspecified atom stereocenters. The summed E-state index contributed by atoms with van der Waals surface area (Å²) in [5.41, 5.74) is 8.21. The van der Waals surface area contributed by atoms with E-state index < -0.39 is 0 Å². The molecule has 1 fully saturated rings. The van der Waals surface area contributed by atoms with Crippen LogP contribution >= 0.6 is 0 Å². The van der Waals surface area contributed by atoms with Gasteiger partial charge in [-0.1, -0.05) is 12.1 Å². The van der Waals surface area contributed by atoms with Crippen LogP contribution in [-0.2, 0) is 0 Å². The van der Waals surface area contributed by atoms with E-state index in [0.29, 0.717) is 11.6 Å². The number of benzene rings is 1. The number of hydrogen-bond acceptors (Lipinski definition) is 4. The summed E-state index contributed by atoms with van der Waals surface area (Å²) in [5.74, 6) is -0.378. The van der Waals surface area contributed by atoms with Crippen molar-refractivity contribution in [3.63, 3.8) is 0 Å². The molecule has 0 aliphatic carbocycles. The van der Waals surface area contributed by atoms with Crippen molar-refractivity contribution in [3.05, 3.63) is 41.6 Å². The quantitative estimate of drug-likeness (QED) is 0.871. The molecular formula is C16H22N4O. The van der Waals surface area contributed by atoms with E-state index in [2.05, 4.69) is 28.4 Å². The smallest absolute Gasteiger partial charge is 0.248 e. The Hall–Kier alpha value is -2.01. The van der Waals surface area contributed by atoms with Crippen LogP contribution < -0.4 is 11.1 Å². The number of hydrogen-bond donors (Lipinski definition) is 2. The molecule has 112 valence electrons. The molecule has 2 aliphatic rings. The first-order chi connectivity index (χ1) is 10.1. The number of carbonyl (C=O) groups excluding carboxylic acids is 1. The van der Waals surface area contributed by atoms with Crippen LogP contribution in [-0.4, -0.2) is 48.6 Å². The molecule has 2 aliphatic heterocycles. The van der Waals surface area contributed by atoms with Gasteiger partial charge in [-0.05, 0) is 38.1 Å². The van der Waals surface area contributed by atoms with Crippen molar-refractivity contribution in [2.24, 2.45) is 5.73 Å². The van der Waals surface area contributed by atoms with Crippen LogP contribution in [0.2, 0.25) is 0 Å². The highest BCUT2D eigenvalue weighted by Crippen LogP contribution is 2.30. The lowest BCUT2D eigenvalue weighted by atomic mass is 10.0. The average Bonchev–Trinajstić information content (AvgIpc) is 2.90. The lowest BCUT2D eigenvalue weighted by molar-refractivity contribution is 0.100. The van der Waals surface area contributed by atoms with Crippen LogP contribution in [0.4, 0.5) is 0 Å². The van der Waals surface area contributed by atoms with Crippen molar-refractivity contribution in [1.82, 2.24) is 15.1 Å². The zero-order valence-electron chi connectivity index (χ0n) is 12.4. The summed E-state index contributed by atoms with van der Waals surface area (Å²) >= 11 is 0. The molecule has 1 amide bonds. The van der Waals surface area contributed by atoms with Gasteiger partial charge in [0.05, 0.1) is 12.4 Å². The SMILES string of the molecule is CN1C=C(c2cccc(C(N)=O)c2)N(C2CCNCC2)C1. The molecule has 1 saturated heterocycles. The van der Waals surface area contributed by atoms with Crippen molar-refractivity contribution in [2.75, 3.05) is 26.8 Å². The molecule has 1 aromatic carbocycles. The van der Waals surface area contributed by atoms with Gasteiger partial charge in [0.15, 0.2) is 0 Å². The number of carbonyl (C=O) groups is 1. The van der Waals surface area contributed by atoms with Crippen molar-refractivity contribution in [2.45, 2.75) is 18.9 Å². The summed E-state index contributed by atoms with van der Waals surface area (Å²) < 4.78 is 0. The van der Waals surface area contributed by atoms with E-state index in [0.717, 1.165) is 38.2 Å². The highest BCUT2D eigenvalue weighted by Gasteiger charge is 2.28. The second kappa shape index (κ2) is 5.77. The summed E-state index contributed by atoms with van der Waals surface area (Å²) in [4.78, 5) is 16.0. The Morgan fingerprint density at radius 1 is 1.33 bits per heavy atom. The average molecular weight is 286 g/mol. The summed E-state index contributed by atoms with van der Waals surface area (Å²) in [6, 6.07) is 8.15. The van der Waals surface area contributed by atoms with Gasteiger partial charge in [-0.2, -0.15) is 0 Å². The van der Waals surface area contributed by atoms with E-state index in [1.807, 2.05) is 18.2 Å². The molecule has 2 heterocycles. The maximum absolute atomic E-state index is 11.4. The Balaban J connectivity index is 1.89. The zero-order valence-corrected chi connectivity index (χ0v) is 12.4.